The van der Waals surface area contributed by atoms with E-state index in [2.05, 4.69) is 4.99 Å². The molecule has 0 aliphatic heterocycles. The molecule has 92 valence electrons. The third-order valence-corrected chi connectivity index (χ3v) is 2.71. The molecular formula is C13H11NO4. The number of carboxylic acid groups (broad SMARTS) is 1. The summed E-state index contributed by atoms with van der Waals surface area (Å²) in [5, 5.41) is 18.6. The number of aliphatic imine (C=N–C) groups is 1. The number of rotatable bonds is 3. The van der Waals surface area contributed by atoms with Gasteiger partial charge in [-0.1, -0.05) is 24.3 Å². The van der Waals surface area contributed by atoms with E-state index >= 15 is 0 Å². The second kappa shape index (κ2) is 4.44. The zero-order chi connectivity index (χ0) is 13.3. The Bertz CT molecular complexity index is 586. The molecule has 0 aromatic heterocycles. The average molecular weight is 245 g/mol. The molecule has 1 aromatic carbocycles. The summed E-state index contributed by atoms with van der Waals surface area (Å²) >= 11 is 0. The Kier molecular flexibility index (Phi) is 2.97. The quantitative estimate of drug-likeness (QED) is 0.793. The van der Waals surface area contributed by atoms with E-state index in [9.17, 15) is 14.7 Å². The predicted octanol–water partition coefficient (Wildman–Crippen LogP) is 1.70. The molecule has 1 atom stereocenters. The van der Waals surface area contributed by atoms with Gasteiger partial charge in [0.2, 0.25) is 0 Å². The standard InChI is InChI=1S/C13H11NO4/c1-7(13(17)18)14-6-10-11(15)8-4-2-3-5-9(8)12(10)16/h2-7,15H,1H3,(H,17,18). The molecule has 1 aromatic rings. The lowest BCUT2D eigenvalue weighted by Crippen LogP contribution is -2.14. The number of aliphatic carboxylic acids is 1. The van der Waals surface area contributed by atoms with Crippen molar-refractivity contribution in [1.82, 2.24) is 0 Å². The van der Waals surface area contributed by atoms with Crippen molar-refractivity contribution < 1.29 is 19.8 Å². The van der Waals surface area contributed by atoms with Gasteiger partial charge in [-0.3, -0.25) is 9.79 Å². The third-order valence-electron chi connectivity index (χ3n) is 2.71. The lowest BCUT2D eigenvalue weighted by Gasteiger charge is -1.98. The lowest BCUT2D eigenvalue weighted by molar-refractivity contribution is -0.137. The van der Waals surface area contributed by atoms with Crippen LogP contribution in [0.3, 0.4) is 0 Å². The van der Waals surface area contributed by atoms with Crippen LogP contribution >= 0.6 is 0 Å². The van der Waals surface area contributed by atoms with Crippen LogP contribution in [0.4, 0.5) is 0 Å². The van der Waals surface area contributed by atoms with Gasteiger partial charge in [-0.15, -0.1) is 0 Å². The van der Waals surface area contributed by atoms with Crippen LogP contribution in [-0.2, 0) is 4.79 Å². The summed E-state index contributed by atoms with van der Waals surface area (Å²) in [5.74, 6) is -1.59. The van der Waals surface area contributed by atoms with Gasteiger partial charge in [0.25, 0.3) is 0 Å². The van der Waals surface area contributed by atoms with E-state index in [-0.39, 0.29) is 17.1 Å². The number of allylic oxidation sites excluding steroid dienone is 1. The zero-order valence-corrected chi connectivity index (χ0v) is 9.62. The third kappa shape index (κ3) is 1.90. The SMILES string of the molecule is CC(N=CC1=C(O)c2ccccc2C1=O)C(=O)O. The zero-order valence-electron chi connectivity index (χ0n) is 9.62. The van der Waals surface area contributed by atoms with Crippen molar-refractivity contribution in [2.24, 2.45) is 4.99 Å². The fraction of sp³-hybridized carbons (Fsp3) is 0.154. The molecule has 0 heterocycles. The second-order valence-electron chi connectivity index (χ2n) is 3.93. The van der Waals surface area contributed by atoms with Crippen LogP contribution in [0.5, 0.6) is 0 Å². The van der Waals surface area contributed by atoms with E-state index in [0.29, 0.717) is 11.1 Å². The fourth-order valence-corrected chi connectivity index (χ4v) is 1.66. The number of Topliss-reactive ketones (excluding diaryl/α,β-unsaturated/α-hetero) is 1. The summed E-state index contributed by atoms with van der Waals surface area (Å²) in [7, 11) is 0. The Morgan fingerprint density at radius 3 is 2.50 bits per heavy atom. The smallest absolute Gasteiger partial charge is 0.328 e. The maximum atomic E-state index is 11.9. The monoisotopic (exact) mass is 245 g/mol. The van der Waals surface area contributed by atoms with E-state index in [4.69, 9.17) is 5.11 Å². The molecule has 0 spiro atoms. The van der Waals surface area contributed by atoms with Gasteiger partial charge < -0.3 is 10.2 Å². The highest BCUT2D eigenvalue weighted by molar-refractivity contribution is 6.30. The van der Waals surface area contributed by atoms with Crippen molar-refractivity contribution >= 4 is 23.7 Å². The van der Waals surface area contributed by atoms with E-state index in [0.717, 1.165) is 6.21 Å². The number of carbonyl (C=O) groups is 2. The first kappa shape index (κ1) is 12.0. The first-order chi connectivity index (χ1) is 8.52. The molecule has 0 radical (unpaired) electrons. The van der Waals surface area contributed by atoms with Gasteiger partial charge in [0.15, 0.2) is 5.78 Å². The number of carboxylic acids is 1. The minimum Gasteiger partial charge on any atom is -0.506 e. The Morgan fingerprint density at radius 1 is 1.33 bits per heavy atom. The number of aliphatic hydroxyl groups is 1. The molecular weight excluding hydrogens is 234 g/mol. The normalized spacial score (nSPS) is 16.2. The topological polar surface area (TPSA) is 87.0 Å². The molecule has 18 heavy (non-hydrogen) atoms. The molecule has 0 fully saturated rings. The molecule has 1 aliphatic rings. The van der Waals surface area contributed by atoms with Crippen molar-refractivity contribution in [2.75, 3.05) is 0 Å². The molecule has 0 amide bonds. The molecule has 1 aliphatic carbocycles. The van der Waals surface area contributed by atoms with E-state index in [1.165, 1.54) is 6.92 Å². The first-order valence-corrected chi connectivity index (χ1v) is 5.35. The number of fused-ring (bicyclic) bond motifs is 1. The molecule has 0 bridgehead atoms. The van der Waals surface area contributed by atoms with Crippen molar-refractivity contribution in [3.63, 3.8) is 0 Å². The summed E-state index contributed by atoms with van der Waals surface area (Å²) in [4.78, 5) is 26.3. The first-order valence-electron chi connectivity index (χ1n) is 5.35. The van der Waals surface area contributed by atoms with Crippen LogP contribution < -0.4 is 0 Å². The Labute approximate surface area is 103 Å². The Morgan fingerprint density at radius 2 is 1.94 bits per heavy atom. The highest BCUT2D eigenvalue weighted by atomic mass is 16.4. The van der Waals surface area contributed by atoms with Crippen molar-refractivity contribution in [3.05, 3.63) is 41.0 Å². The van der Waals surface area contributed by atoms with Gasteiger partial charge in [0, 0.05) is 17.3 Å². The maximum absolute atomic E-state index is 11.9. The predicted molar refractivity (Wildman–Crippen MR) is 65.9 cm³/mol. The summed E-state index contributed by atoms with van der Waals surface area (Å²) < 4.78 is 0. The number of carbonyl (C=O) groups excluding carboxylic acids is 1. The van der Waals surface area contributed by atoms with Crippen molar-refractivity contribution in [1.29, 1.82) is 0 Å². The largest absolute Gasteiger partial charge is 0.506 e. The van der Waals surface area contributed by atoms with E-state index in [1.807, 2.05) is 0 Å². The van der Waals surface area contributed by atoms with Crippen LogP contribution in [0.2, 0.25) is 0 Å². The van der Waals surface area contributed by atoms with Crippen molar-refractivity contribution in [3.8, 4) is 0 Å². The summed E-state index contributed by atoms with van der Waals surface area (Å²) in [5.41, 5.74) is 0.885. The number of benzene rings is 1. The molecule has 2 N–H and O–H groups in total. The molecule has 0 saturated heterocycles. The van der Waals surface area contributed by atoms with E-state index in [1.54, 1.807) is 24.3 Å². The minimum absolute atomic E-state index is 0.0318. The Hall–Kier alpha value is -2.43. The van der Waals surface area contributed by atoms with Crippen LogP contribution in [-0.4, -0.2) is 34.2 Å². The minimum atomic E-state index is -1.09. The van der Waals surface area contributed by atoms with Gasteiger partial charge in [0.1, 0.15) is 11.8 Å². The van der Waals surface area contributed by atoms with Gasteiger partial charge in [-0.25, -0.2) is 4.79 Å². The maximum Gasteiger partial charge on any atom is 0.328 e. The molecule has 0 saturated carbocycles. The Balaban J connectivity index is 2.35. The summed E-state index contributed by atoms with van der Waals surface area (Å²) in [6, 6.07) is 5.69. The number of nitrogens with zero attached hydrogens (tertiary/aromatic N) is 1. The fourth-order valence-electron chi connectivity index (χ4n) is 1.66. The highest BCUT2D eigenvalue weighted by Crippen LogP contribution is 2.29. The van der Waals surface area contributed by atoms with Gasteiger partial charge in [0.05, 0.1) is 5.57 Å². The van der Waals surface area contributed by atoms with Crippen LogP contribution in [0.15, 0.2) is 34.8 Å². The molecule has 5 heteroatoms. The van der Waals surface area contributed by atoms with Crippen LogP contribution in [0.25, 0.3) is 5.76 Å². The number of hydrogen-bond donors (Lipinski definition) is 2. The van der Waals surface area contributed by atoms with Gasteiger partial charge >= 0.3 is 5.97 Å². The average Bonchev–Trinajstić information content (AvgIpc) is 2.60. The molecule has 2 rings (SSSR count). The highest BCUT2D eigenvalue weighted by Gasteiger charge is 2.28. The van der Waals surface area contributed by atoms with Gasteiger partial charge in [-0.2, -0.15) is 0 Å². The number of ketones is 1. The summed E-state index contributed by atoms with van der Waals surface area (Å²) in [6.07, 6.45) is 1.12. The van der Waals surface area contributed by atoms with Crippen molar-refractivity contribution in [2.45, 2.75) is 13.0 Å². The summed E-state index contributed by atoms with van der Waals surface area (Å²) in [6.45, 7) is 1.39. The van der Waals surface area contributed by atoms with Gasteiger partial charge in [-0.05, 0) is 6.92 Å². The van der Waals surface area contributed by atoms with Crippen LogP contribution in [0.1, 0.15) is 22.8 Å². The number of hydrogen-bond acceptors (Lipinski definition) is 4. The molecule has 1 unspecified atom stereocenters. The van der Waals surface area contributed by atoms with Crippen LogP contribution in [0, 0.1) is 0 Å². The molecule has 5 nitrogen and oxygen atoms in total. The number of aliphatic hydroxyl groups excluding tert-OH is 1. The second-order valence-corrected chi connectivity index (χ2v) is 3.93. The lowest BCUT2D eigenvalue weighted by atomic mass is 10.1. The van der Waals surface area contributed by atoms with E-state index < -0.39 is 12.0 Å².